The van der Waals surface area contributed by atoms with Crippen LogP contribution in [0.15, 0.2) is 12.1 Å². The van der Waals surface area contributed by atoms with Crippen molar-refractivity contribution < 1.29 is 16.7 Å². The Morgan fingerprint density at radius 3 is 2.07 bits per heavy atom. The van der Waals surface area contributed by atoms with Crippen molar-refractivity contribution in [1.29, 1.82) is 0 Å². The van der Waals surface area contributed by atoms with E-state index >= 15 is 0 Å². The number of hydrogen-bond acceptors (Lipinski definition) is 5. The van der Waals surface area contributed by atoms with Crippen LogP contribution in [-0.2, 0) is 0 Å². The summed E-state index contributed by atoms with van der Waals surface area (Å²) in [6.07, 6.45) is 0. The lowest BCUT2D eigenvalue weighted by Crippen LogP contribution is -1.99. The molecule has 0 fully saturated rings. The third-order valence-electron chi connectivity index (χ3n) is 1.34. The number of anilines is 1. The van der Waals surface area contributed by atoms with Gasteiger partial charge in [0.15, 0.2) is 0 Å². The van der Waals surface area contributed by atoms with Crippen molar-refractivity contribution in [1.82, 2.24) is 0 Å². The number of hydrogen-bond donors (Lipinski definition) is 1. The summed E-state index contributed by atoms with van der Waals surface area (Å²) in [5, 5.41) is 21.6. The van der Waals surface area contributed by atoms with Crippen molar-refractivity contribution in [3.63, 3.8) is 0 Å². The Labute approximate surface area is 85.5 Å². The standard InChI is InChI=1S/C7H7N3O4/c1-4-6(9(11)12)2-5(8)3-7(4)10(13)14/h2-3H,8H2,1H3/i1D3,2D,3D. The van der Waals surface area contributed by atoms with Crippen LogP contribution in [0, 0.1) is 27.1 Å². The Kier molecular flexibility index (Phi) is 1.15. The highest BCUT2D eigenvalue weighted by Crippen LogP contribution is 2.30. The monoisotopic (exact) mass is 202 g/mol. The normalized spacial score (nSPS) is 15.9. The molecule has 0 spiro atoms. The summed E-state index contributed by atoms with van der Waals surface area (Å²) in [7, 11) is 0. The molecule has 2 N–H and O–H groups in total. The molecule has 0 amide bonds. The van der Waals surface area contributed by atoms with E-state index in [0.717, 1.165) is 0 Å². The predicted octanol–water partition coefficient (Wildman–Crippen LogP) is 1.39. The lowest BCUT2D eigenvalue weighted by Gasteiger charge is -2.00. The number of benzene rings is 1. The van der Waals surface area contributed by atoms with Crippen LogP contribution in [0.25, 0.3) is 0 Å². The maximum Gasteiger partial charge on any atom is 0.281 e. The van der Waals surface area contributed by atoms with Crippen molar-refractivity contribution in [2.75, 3.05) is 5.73 Å². The molecule has 0 saturated heterocycles. The van der Waals surface area contributed by atoms with Gasteiger partial charge in [0.05, 0.1) is 12.6 Å². The molecule has 1 aromatic rings. The summed E-state index contributed by atoms with van der Waals surface area (Å²) >= 11 is 0. The van der Waals surface area contributed by atoms with E-state index in [0.29, 0.717) is 0 Å². The van der Waals surface area contributed by atoms with Crippen LogP contribution in [0.2, 0.25) is 0 Å². The van der Waals surface area contributed by atoms with Gasteiger partial charge in [-0.05, 0) is 6.85 Å². The fourth-order valence-electron chi connectivity index (χ4n) is 0.797. The van der Waals surface area contributed by atoms with Crippen molar-refractivity contribution in [2.45, 2.75) is 6.85 Å². The summed E-state index contributed by atoms with van der Waals surface area (Å²) in [6, 6.07) is -2.04. The van der Waals surface area contributed by atoms with E-state index in [1.54, 1.807) is 0 Å². The van der Waals surface area contributed by atoms with Gasteiger partial charge in [-0.3, -0.25) is 20.2 Å². The van der Waals surface area contributed by atoms with Gasteiger partial charge >= 0.3 is 0 Å². The molecule has 0 aliphatic heterocycles. The highest BCUT2D eigenvalue weighted by Gasteiger charge is 2.21. The van der Waals surface area contributed by atoms with Crippen LogP contribution in [0.4, 0.5) is 17.1 Å². The van der Waals surface area contributed by atoms with Gasteiger partial charge in [0.1, 0.15) is 5.56 Å². The van der Waals surface area contributed by atoms with E-state index in [1.165, 1.54) is 0 Å². The summed E-state index contributed by atoms with van der Waals surface area (Å²) in [6.45, 7) is -3.22. The predicted molar refractivity (Wildman–Crippen MR) is 48.9 cm³/mol. The molecular formula is C7H7N3O4. The van der Waals surface area contributed by atoms with Crippen LogP contribution < -0.4 is 5.73 Å². The molecule has 0 aromatic heterocycles. The second-order valence-electron chi connectivity index (χ2n) is 2.25. The van der Waals surface area contributed by atoms with Crippen LogP contribution in [0.1, 0.15) is 12.4 Å². The lowest BCUT2D eigenvalue weighted by molar-refractivity contribution is -0.395. The average Bonchev–Trinajstić information content (AvgIpc) is 2.22. The molecule has 0 bridgehead atoms. The first-order valence-corrected chi connectivity index (χ1v) is 3.22. The molecule has 74 valence electrons. The minimum absolute atomic E-state index is 0.814. The van der Waals surface area contributed by atoms with Gasteiger partial charge in [-0.15, -0.1) is 0 Å². The van der Waals surface area contributed by atoms with Gasteiger partial charge in [0.2, 0.25) is 0 Å². The Hall–Kier alpha value is -2.18. The number of nitro groups is 2. The Balaban J connectivity index is 4.03. The minimum Gasteiger partial charge on any atom is -0.398 e. The van der Waals surface area contributed by atoms with E-state index in [-0.39, 0.29) is 0 Å². The van der Waals surface area contributed by atoms with Gasteiger partial charge in [-0.1, -0.05) is 0 Å². The molecule has 0 aliphatic rings. The lowest BCUT2D eigenvalue weighted by atomic mass is 10.1. The third kappa shape index (κ3) is 1.60. The largest absolute Gasteiger partial charge is 0.398 e. The maximum absolute atomic E-state index is 10.8. The summed E-state index contributed by atoms with van der Waals surface area (Å²) in [5.74, 6) is 0. The SMILES string of the molecule is [2H]c1c(N)c([2H])c([N+](=O)[O-])c(C([2H])([2H])[2H])c1[N+](=O)[O-]. The van der Waals surface area contributed by atoms with E-state index in [2.05, 4.69) is 0 Å². The molecule has 0 aliphatic carbocycles. The zero-order valence-corrected chi connectivity index (χ0v) is 6.60. The van der Waals surface area contributed by atoms with Crippen molar-refractivity contribution in [3.8, 4) is 0 Å². The maximum atomic E-state index is 10.8. The molecule has 0 heterocycles. The summed E-state index contributed by atoms with van der Waals surface area (Å²) < 4.78 is 36.1. The molecule has 0 unspecified atom stereocenters. The van der Waals surface area contributed by atoms with Gasteiger partial charge in [0, 0.05) is 21.9 Å². The van der Waals surface area contributed by atoms with Crippen LogP contribution in [0.3, 0.4) is 0 Å². The van der Waals surface area contributed by atoms with E-state index in [9.17, 15) is 20.2 Å². The topological polar surface area (TPSA) is 112 Å². The highest BCUT2D eigenvalue weighted by atomic mass is 16.6. The van der Waals surface area contributed by atoms with Gasteiger partial charge in [-0.2, -0.15) is 0 Å². The van der Waals surface area contributed by atoms with Gasteiger partial charge in [0.25, 0.3) is 11.4 Å². The zero-order chi connectivity index (χ0) is 15.1. The molecule has 1 aromatic carbocycles. The number of nitrogens with zero attached hydrogens (tertiary/aromatic N) is 2. The Morgan fingerprint density at radius 2 is 1.79 bits per heavy atom. The smallest absolute Gasteiger partial charge is 0.281 e. The second-order valence-corrected chi connectivity index (χ2v) is 2.25. The van der Waals surface area contributed by atoms with Crippen LogP contribution in [-0.4, -0.2) is 9.85 Å². The van der Waals surface area contributed by atoms with Gasteiger partial charge in [-0.25, -0.2) is 0 Å². The second kappa shape index (κ2) is 3.29. The van der Waals surface area contributed by atoms with Crippen LogP contribution >= 0.6 is 0 Å². The molecule has 14 heavy (non-hydrogen) atoms. The quantitative estimate of drug-likeness (QED) is 0.442. The molecule has 1 rings (SSSR count). The fraction of sp³-hybridized carbons (Fsp3) is 0.143. The first kappa shape index (κ1) is 4.89. The van der Waals surface area contributed by atoms with E-state index in [4.69, 9.17) is 12.6 Å². The Bertz CT molecular complexity index is 544. The van der Waals surface area contributed by atoms with Gasteiger partial charge < -0.3 is 5.73 Å². The number of nitrogen functional groups attached to an aromatic ring is 1. The first-order chi connectivity index (χ1) is 8.50. The zero-order valence-electron chi connectivity index (χ0n) is 11.6. The fourth-order valence-corrected chi connectivity index (χ4v) is 0.797. The van der Waals surface area contributed by atoms with Crippen LogP contribution in [0.5, 0.6) is 0 Å². The summed E-state index contributed by atoms with van der Waals surface area (Å²) in [5.41, 5.74) is 0.577. The number of rotatable bonds is 2. The molecule has 0 saturated carbocycles. The average molecular weight is 202 g/mol. The molecule has 7 nitrogen and oxygen atoms in total. The molecular weight excluding hydrogens is 190 g/mol. The first-order valence-electron chi connectivity index (χ1n) is 5.72. The number of nitro benzene ring substituents is 2. The molecule has 7 heteroatoms. The minimum atomic E-state index is -3.22. The van der Waals surface area contributed by atoms with Crippen molar-refractivity contribution in [2.24, 2.45) is 0 Å². The van der Waals surface area contributed by atoms with Crippen molar-refractivity contribution in [3.05, 3.63) is 37.9 Å². The summed E-state index contributed by atoms with van der Waals surface area (Å²) in [4.78, 5) is 19.2. The van der Waals surface area contributed by atoms with E-state index < -0.39 is 51.4 Å². The highest BCUT2D eigenvalue weighted by molar-refractivity contribution is 5.62. The molecule has 0 radical (unpaired) electrons. The number of nitrogens with two attached hydrogens (primary N) is 1. The third-order valence-corrected chi connectivity index (χ3v) is 1.34. The van der Waals surface area contributed by atoms with Crippen molar-refractivity contribution >= 4 is 17.1 Å². The van der Waals surface area contributed by atoms with E-state index in [1.807, 2.05) is 0 Å². The Morgan fingerprint density at radius 1 is 1.36 bits per heavy atom. The molecule has 0 atom stereocenters.